The molecule has 0 saturated heterocycles. The lowest BCUT2D eigenvalue weighted by atomic mass is 9.69. The third-order valence-corrected chi connectivity index (χ3v) is 6.08. The Balaban J connectivity index is 2.25. The van der Waals surface area contributed by atoms with Gasteiger partial charge < -0.3 is 21.3 Å². The molecular weight excluding hydrogens is 390 g/mol. The first-order valence-corrected chi connectivity index (χ1v) is 10.4. The number of hydrogen-bond donors (Lipinski definition) is 3. The summed E-state index contributed by atoms with van der Waals surface area (Å²) in [5.41, 5.74) is 16.4. The number of hydrogen-bond acceptors (Lipinski definition) is 4. The standard InChI is InChI=1S/C24H31N5O2/c1-28(2)21(30)17-7-9-19-15(13-17)5-6-16-14-18(22(31)29(3)4)8-10-20(16)24(19,11-12-25)23(26)27/h7-10,13-14H,5-6,11-12,25H2,1-4H3,(H3,26,27). The predicted molar refractivity (Wildman–Crippen MR) is 123 cm³/mol. The summed E-state index contributed by atoms with van der Waals surface area (Å²) in [5.74, 6) is -0.132. The molecule has 0 fully saturated rings. The Morgan fingerprint density at radius 1 is 0.903 bits per heavy atom. The number of carbonyl (C=O) groups excluding carboxylic acids is 2. The van der Waals surface area contributed by atoms with Gasteiger partial charge in [0.25, 0.3) is 11.8 Å². The molecule has 31 heavy (non-hydrogen) atoms. The quantitative estimate of drug-likeness (QED) is 0.504. The average Bonchev–Trinajstić information content (AvgIpc) is 2.87. The normalized spacial score (nSPS) is 14.1. The summed E-state index contributed by atoms with van der Waals surface area (Å²) in [6.07, 6.45) is 1.82. The molecule has 1 aliphatic rings. The van der Waals surface area contributed by atoms with Crippen molar-refractivity contribution in [1.82, 2.24) is 9.80 Å². The number of rotatable bonds is 5. The van der Waals surface area contributed by atoms with Crippen LogP contribution < -0.4 is 11.5 Å². The van der Waals surface area contributed by atoms with Crippen molar-refractivity contribution >= 4 is 17.6 Å². The minimum absolute atomic E-state index is 0.0146. The molecule has 0 saturated carbocycles. The molecule has 2 aromatic rings. The van der Waals surface area contributed by atoms with E-state index in [-0.39, 0.29) is 17.6 Å². The molecular formula is C24H31N5O2. The van der Waals surface area contributed by atoms with Gasteiger partial charge in [-0.2, -0.15) is 0 Å². The van der Waals surface area contributed by atoms with E-state index in [1.54, 1.807) is 50.1 Å². The first-order chi connectivity index (χ1) is 14.6. The zero-order valence-electron chi connectivity index (χ0n) is 18.7. The summed E-state index contributed by atoms with van der Waals surface area (Å²) in [7, 11) is 6.89. The number of aryl methyl sites for hydroxylation is 2. The third-order valence-electron chi connectivity index (χ3n) is 6.08. The Labute approximate surface area is 183 Å². The van der Waals surface area contributed by atoms with E-state index in [0.29, 0.717) is 36.9 Å². The fourth-order valence-corrected chi connectivity index (χ4v) is 4.54. The summed E-state index contributed by atoms with van der Waals surface area (Å²) in [5, 5.41) is 8.58. The molecule has 2 amide bonds. The van der Waals surface area contributed by atoms with Crippen molar-refractivity contribution in [3.8, 4) is 0 Å². The summed E-state index contributed by atoms with van der Waals surface area (Å²) < 4.78 is 0. The second-order valence-corrected chi connectivity index (χ2v) is 8.50. The minimum atomic E-state index is -0.894. The van der Waals surface area contributed by atoms with Crippen LogP contribution in [0.5, 0.6) is 0 Å². The monoisotopic (exact) mass is 421 g/mol. The fraction of sp³-hybridized carbons (Fsp3) is 0.375. The van der Waals surface area contributed by atoms with Crippen LogP contribution in [-0.4, -0.2) is 62.2 Å². The highest BCUT2D eigenvalue weighted by Gasteiger charge is 2.42. The zero-order valence-corrected chi connectivity index (χ0v) is 18.7. The van der Waals surface area contributed by atoms with Crippen LogP contribution in [0, 0.1) is 5.41 Å². The Morgan fingerprint density at radius 2 is 1.32 bits per heavy atom. The Kier molecular flexibility index (Phi) is 6.18. The summed E-state index contributed by atoms with van der Waals surface area (Å²) in [6, 6.07) is 11.2. The van der Waals surface area contributed by atoms with Gasteiger partial charge in [-0.25, -0.2) is 0 Å². The van der Waals surface area contributed by atoms with E-state index in [0.717, 1.165) is 22.3 Å². The number of nitrogens with zero attached hydrogens (tertiary/aromatic N) is 2. The van der Waals surface area contributed by atoms with Crippen molar-refractivity contribution in [1.29, 1.82) is 5.41 Å². The van der Waals surface area contributed by atoms with E-state index in [2.05, 4.69) is 0 Å². The van der Waals surface area contributed by atoms with Gasteiger partial charge >= 0.3 is 0 Å². The van der Waals surface area contributed by atoms with Gasteiger partial charge in [-0.3, -0.25) is 15.0 Å². The Hall–Kier alpha value is -3.19. The molecule has 5 N–H and O–H groups in total. The molecule has 0 unspecified atom stereocenters. The lowest BCUT2D eigenvalue weighted by molar-refractivity contribution is 0.0820. The smallest absolute Gasteiger partial charge is 0.253 e. The molecule has 7 nitrogen and oxygen atoms in total. The number of amidine groups is 1. The number of nitrogens with two attached hydrogens (primary N) is 2. The Morgan fingerprint density at radius 3 is 1.65 bits per heavy atom. The van der Waals surface area contributed by atoms with Crippen LogP contribution >= 0.6 is 0 Å². The molecule has 0 aliphatic heterocycles. The van der Waals surface area contributed by atoms with Gasteiger partial charge in [0.1, 0.15) is 5.84 Å². The minimum Gasteiger partial charge on any atom is -0.387 e. The van der Waals surface area contributed by atoms with Crippen LogP contribution in [0.2, 0.25) is 0 Å². The van der Waals surface area contributed by atoms with E-state index in [1.807, 2.05) is 24.3 Å². The van der Waals surface area contributed by atoms with Crippen LogP contribution in [0.4, 0.5) is 0 Å². The van der Waals surface area contributed by atoms with E-state index >= 15 is 0 Å². The third kappa shape index (κ3) is 3.81. The molecule has 0 spiro atoms. The predicted octanol–water partition coefficient (Wildman–Crippen LogP) is 1.76. The largest absolute Gasteiger partial charge is 0.387 e. The number of carbonyl (C=O) groups is 2. The van der Waals surface area contributed by atoms with Crippen LogP contribution in [0.3, 0.4) is 0 Å². The van der Waals surface area contributed by atoms with Crippen molar-refractivity contribution in [2.24, 2.45) is 11.5 Å². The van der Waals surface area contributed by atoms with Crippen molar-refractivity contribution < 1.29 is 9.59 Å². The van der Waals surface area contributed by atoms with Crippen LogP contribution in [0.1, 0.15) is 49.4 Å². The molecule has 7 heteroatoms. The lowest BCUT2D eigenvalue weighted by Crippen LogP contribution is -2.44. The van der Waals surface area contributed by atoms with Crippen LogP contribution in [-0.2, 0) is 18.3 Å². The molecule has 2 aromatic carbocycles. The zero-order chi connectivity index (χ0) is 22.9. The summed E-state index contributed by atoms with van der Waals surface area (Å²) in [4.78, 5) is 28.2. The van der Waals surface area contributed by atoms with E-state index < -0.39 is 5.41 Å². The topological polar surface area (TPSA) is 117 Å². The van der Waals surface area contributed by atoms with E-state index in [4.69, 9.17) is 16.9 Å². The number of amides is 2. The van der Waals surface area contributed by atoms with Crippen molar-refractivity contribution in [2.45, 2.75) is 24.7 Å². The van der Waals surface area contributed by atoms with Crippen molar-refractivity contribution in [3.05, 3.63) is 69.8 Å². The number of fused-ring (bicyclic) bond motifs is 2. The molecule has 0 atom stereocenters. The molecule has 1 aliphatic carbocycles. The maximum Gasteiger partial charge on any atom is 0.253 e. The van der Waals surface area contributed by atoms with Gasteiger partial charge in [0, 0.05) is 39.3 Å². The molecule has 164 valence electrons. The number of benzene rings is 2. The van der Waals surface area contributed by atoms with Gasteiger partial charge in [-0.05, 0) is 72.3 Å². The van der Waals surface area contributed by atoms with Gasteiger partial charge in [-0.1, -0.05) is 12.1 Å². The maximum atomic E-state index is 12.5. The Bertz CT molecular complexity index is 971. The SMILES string of the molecule is CN(C)C(=O)c1ccc2c(c1)CCc1cc(C(=O)N(C)C)ccc1C2(CCN)C(=N)N. The molecule has 0 aromatic heterocycles. The number of nitrogens with one attached hydrogen (secondary N) is 1. The molecule has 0 heterocycles. The highest BCUT2D eigenvalue weighted by molar-refractivity contribution is 5.98. The van der Waals surface area contributed by atoms with Gasteiger partial charge in [0.2, 0.25) is 0 Å². The summed E-state index contributed by atoms with van der Waals surface area (Å²) >= 11 is 0. The average molecular weight is 422 g/mol. The molecule has 0 bridgehead atoms. The van der Waals surface area contributed by atoms with Crippen molar-refractivity contribution in [3.63, 3.8) is 0 Å². The summed E-state index contributed by atoms with van der Waals surface area (Å²) in [6.45, 7) is 0.342. The van der Waals surface area contributed by atoms with Gasteiger partial charge in [-0.15, -0.1) is 0 Å². The van der Waals surface area contributed by atoms with Gasteiger partial charge in [0.05, 0.1) is 5.41 Å². The first-order valence-electron chi connectivity index (χ1n) is 10.4. The van der Waals surface area contributed by atoms with Crippen LogP contribution in [0.25, 0.3) is 0 Å². The second-order valence-electron chi connectivity index (χ2n) is 8.50. The lowest BCUT2D eigenvalue weighted by Gasteiger charge is -2.35. The van der Waals surface area contributed by atoms with Crippen LogP contribution in [0.15, 0.2) is 36.4 Å². The van der Waals surface area contributed by atoms with E-state index in [1.165, 1.54) is 0 Å². The maximum absolute atomic E-state index is 12.5. The van der Waals surface area contributed by atoms with E-state index in [9.17, 15) is 9.59 Å². The van der Waals surface area contributed by atoms with Gasteiger partial charge in [0.15, 0.2) is 0 Å². The first kappa shape index (κ1) is 22.5. The van der Waals surface area contributed by atoms with Crippen molar-refractivity contribution in [2.75, 3.05) is 34.7 Å². The second kappa shape index (κ2) is 8.51. The highest BCUT2D eigenvalue weighted by atomic mass is 16.2. The fourth-order valence-electron chi connectivity index (χ4n) is 4.54. The highest BCUT2D eigenvalue weighted by Crippen LogP contribution is 2.42. The molecule has 3 rings (SSSR count). The molecule has 0 radical (unpaired) electrons.